The van der Waals surface area contributed by atoms with Crippen LogP contribution in [0.4, 0.5) is 5.69 Å². The van der Waals surface area contributed by atoms with Crippen molar-refractivity contribution in [1.82, 2.24) is 4.90 Å². The van der Waals surface area contributed by atoms with Crippen LogP contribution in [0.25, 0.3) is 0 Å². The van der Waals surface area contributed by atoms with Gasteiger partial charge in [0.05, 0.1) is 19.9 Å². The summed E-state index contributed by atoms with van der Waals surface area (Å²) in [6.45, 7) is 3.01. The predicted octanol–water partition coefficient (Wildman–Crippen LogP) is 7.78. The number of benzene rings is 1. The molecule has 1 aliphatic rings. The van der Waals surface area contributed by atoms with Gasteiger partial charge in [0.1, 0.15) is 0 Å². The molecule has 1 unspecified atom stereocenters. The first-order valence-corrected chi connectivity index (χ1v) is 14.7. The van der Waals surface area contributed by atoms with Gasteiger partial charge in [-0.15, -0.1) is 0 Å². The lowest BCUT2D eigenvalue weighted by Gasteiger charge is -2.38. The molecule has 1 amide bonds. The number of rotatable bonds is 19. The molecule has 1 heterocycles. The van der Waals surface area contributed by atoms with Crippen LogP contribution in [0.3, 0.4) is 0 Å². The average Bonchev–Trinajstić information content (AvgIpc) is 2.89. The monoisotopic (exact) mass is 502 g/mol. The van der Waals surface area contributed by atoms with E-state index in [0.717, 1.165) is 42.8 Å². The molecule has 0 saturated heterocycles. The Labute approximate surface area is 221 Å². The lowest BCUT2D eigenvalue weighted by atomic mass is 9.95. The largest absolute Gasteiger partial charge is 0.493 e. The first-order valence-electron chi connectivity index (χ1n) is 14.7. The highest BCUT2D eigenvalue weighted by molar-refractivity contribution is 5.95. The van der Waals surface area contributed by atoms with Crippen LogP contribution in [-0.2, 0) is 11.2 Å². The molecular weight excluding hydrogens is 448 g/mol. The van der Waals surface area contributed by atoms with Crippen LogP contribution in [-0.4, -0.2) is 51.7 Å². The third kappa shape index (κ3) is 10.3. The zero-order chi connectivity index (χ0) is 26.2. The van der Waals surface area contributed by atoms with Crippen LogP contribution >= 0.6 is 0 Å². The highest BCUT2D eigenvalue weighted by atomic mass is 16.5. The molecule has 2 rings (SSSR count). The third-order valence-corrected chi connectivity index (χ3v) is 7.75. The molecule has 1 aromatic carbocycles. The molecule has 1 aromatic rings. The second kappa shape index (κ2) is 17.7. The standard InChI is InChI=1S/C31H54N2O3/c1-6-7-8-9-10-11-12-13-14-15-16-17-18-19-20-21-31(34)33-25-27(32(2)3)22-26-23-29(35-4)30(36-5)24-28(26)33/h23-24,27H,6-22,25H2,1-5H3. The molecular formula is C31H54N2O3. The first kappa shape index (κ1) is 30.5. The van der Waals surface area contributed by atoms with Crippen LogP contribution in [0.15, 0.2) is 12.1 Å². The number of nitrogens with zero attached hydrogens (tertiary/aromatic N) is 2. The minimum Gasteiger partial charge on any atom is -0.493 e. The maximum absolute atomic E-state index is 13.3. The van der Waals surface area contributed by atoms with Gasteiger partial charge in [-0.3, -0.25) is 4.79 Å². The minimum absolute atomic E-state index is 0.227. The summed E-state index contributed by atoms with van der Waals surface area (Å²) in [7, 11) is 7.49. The molecule has 0 saturated carbocycles. The van der Waals surface area contributed by atoms with Gasteiger partial charge in [0.2, 0.25) is 5.91 Å². The van der Waals surface area contributed by atoms with Crippen LogP contribution in [0.5, 0.6) is 11.5 Å². The second-order valence-electron chi connectivity index (χ2n) is 10.9. The molecule has 0 fully saturated rings. The molecule has 0 aliphatic carbocycles. The summed E-state index contributed by atoms with van der Waals surface area (Å²) in [6.07, 6.45) is 21.6. The van der Waals surface area contributed by atoms with E-state index >= 15 is 0 Å². The second-order valence-corrected chi connectivity index (χ2v) is 10.9. The van der Waals surface area contributed by atoms with Crippen molar-refractivity contribution < 1.29 is 14.3 Å². The van der Waals surface area contributed by atoms with E-state index in [4.69, 9.17) is 9.47 Å². The highest BCUT2D eigenvalue weighted by Crippen LogP contribution is 2.39. The average molecular weight is 503 g/mol. The molecule has 0 aromatic heterocycles. The molecule has 36 heavy (non-hydrogen) atoms. The summed E-state index contributed by atoms with van der Waals surface area (Å²) in [4.78, 5) is 17.4. The first-order chi connectivity index (χ1) is 17.5. The minimum atomic E-state index is 0.227. The Kier molecular flexibility index (Phi) is 15.0. The summed E-state index contributed by atoms with van der Waals surface area (Å²) < 4.78 is 11.0. The molecule has 0 radical (unpaired) electrons. The summed E-state index contributed by atoms with van der Waals surface area (Å²) in [5, 5.41) is 0. The van der Waals surface area contributed by atoms with Crippen LogP contribution in [0, 0.1) is 0 Å². The lowest BCUT2D eigenvalue weighted by Crippen LogP contribution is -2.48. The number of carbonyl (C=O) groups excluding carboxylic acids is 1. The van der Waals surface area contributed by atoms with Gasteiger partial charge >= 0.3 is 0 Å². The van der Waals surface area contributed by atoms with Gasteiger partial charge in [-0.1, -0.05) is 96.8 Å². The SMILES string of the molecule is CCCCCCCCCCCCCCCCCC(=O)N1CC(N(C)C)Cc2cc(OC)c(OC)cc21. The molecule has 5 heteroatoms. The van der Waals surface area contributed by atoms with Gasteiger partial charge in [0, 0.05) is 25.1 Å². The fourth-order valence-electron chi connectivity index (χ4n) is 5.32. The predicted molar refractivity (Wildman–Crippen MR) is 153 cm³/mol. The van der Waals surface area contributed by atoms with Gasteiger partial charge in [-0.25, -0.2) is 0 Å². The van der Waals surface area contributed by atoms with Gasteiger partial charge in [0.25, 0.3) is 0 Å². The maximum Gasteiger partial charge on any atom is 0.227 e. The number of fused-ring (bicyclic) bond motifs is 1. The van der Waals surface area contributed by atoms with E-state index in [1.54, 1.807) is 14.2 Å². The smallest absolute Gasteiger partial charge is 0.227 e. The number of hydrogen-bond donors (Lipinski definition) is 0. The van der Waals surface area contributed by atoms with Crippen molar-refractivity contribution in [3.05, 3.63) is 17.7 Å². The third-order valence-electron chi connectivity index (χ3n) is 7.75. The highest BCUT2D eigenvalue weighted by Gasteiger charge is 2.30. The molecule has 0 spiro atoms. The number of amides is 1. The van der Waals surface area contributed by atoms with E-state index in [9.17, 15) is 4.79 Å². The van der Waals surface area contributed by atoms with E-state index in [1.807, 2.05) is 17.0 Å². The molecule has 0 bridgehead atoms. The van der Waals surface area contributed by atoms with Crippen molar-refractivity contribution in [3.8, 4) is 11.5 Å². The number of methoxy groups -OCH3 is 2. The lowest BCUT2D eigenvalue weighted by molar-refractivity contribution is -0.119. The number of hydrogen-bond acceptors (Lipinski definition) is 4. The van der Waals surface area contributed by atoms with E-state index in [1.165, 1.54) is 83.5 Å². The number of unbranched alkanes of at least 4 members (excludes halogenated alkanes) is 14. The number of likely N-dealkylation sites (N-methyl/N-ethyl adjacent to an activating group) is 1. The van der Waals surface area contributed by atoms with Crippen LogP contribution in [0.1, 0.15) is 115 Å². The molecule has 206 valence electrons. The normalized spacial score (nSPS) is 15.3. The number of carbonyl (C=O) groups is 1. The molecule has 1 aliphatic heterocycles. The van der Waals surface area contributed by atoms with Crippen LogP contribution < -0.4 is 14.4 Å². The fourth-order valence-corrected chi connectivity index (χ4v) is 5.32. The van der Waals surface area contributed by atoms with Crippen molar-refractivity contribution in [3.63, 3.8) is 0 Å². The molecule has 1 atom stereocenters. The van der Waals surface area contributed by atoms with Crippen molar-refractivity contribution in [2.24, 2.45) is 0 Å². The number of anilines is 1. The van der Waals surface area contributed by atoms with E-state index in [2.05, 4.69) is 25.9 Å². The van der Waals surface area contributed by atoms with Crippen molar-refractivity contribution in [2.45, 2.75) is 122 Å². The zero-order valence-corrected chi connectivity index (χ0v) is 24.1. The fraction of sp³-hybridized carbons (Fsp3) is 0.774. The van der Waals surface area contributed by atoms with E-state index in [-0.39, 0.29) is 5.91 Å². The Balaban J connectivity index is 1.66. The summed E-state index contributed by atoms with van der Waals surface area (Å²) in [5.74, 6) is 1.64. The quantitative estimate of drug-likeness (QED) is 0.181. The zero-order valence-electron chi connectivity index (χ0n) is 24.1. The van der Waals surface area contributed by atoms with Gasteiger partial charge in [-0.05, 0) is 38.6 Å². The number of ether oxygens (including phenoxy) is 2. The Bertz CT molecular complexity index is 750. The van der Waals surface area contributed by atoms with Crippen molar-refractivity contribution >= 4 is 11.6 Å². The Morgan fingerprint density at radius 2 is 1.28 bits per heavy atom. The maximum atomic E-state index is 13.3. The Morgan fingerprint density at radius 3 is 1.75 bits per heavy atom. The van der Waals surface area contributed by atoms with Crippen molar-refractivity contribution in [1.29, 1.82) is 0 Å². The van der Waals surface area contributed by atoms with Crippen molar-refractivity contribution in [2.75, 3.05) is 39.8 Å². The van der Waals surface area contributed by atoms with E-state index in [0.29, 0.717) is 18.2 Å². The Hall–Kier alpha value is -1.75. The Morgan fingerprint density at radius 1 is 0.806 bits per heavy atom. The summed E-state index contributed by atoms with van der Waals surface area (Å²) in [5.41, 5.74) is 2.14. The van der Waals surface area contributed by atoms with Crippen LogP contribution in [0.2, 0.25) is 0 Å². The van der Waals surface area contributed by atoms with E-state index < -0.39 is 0 Å². The van der Waals surface area contributed by atoms with Gasteiger partial charge in [-0.2, -0.15) is 0 Å². The molecule has 5 nitrogen and oxygen atoms in total. The summed E-state index contributed by atoms with van der Waals surface area (Å²) in [6, 6.07) is 4.32. The van der Waals surface area contributed by atoms with Gasteiger partial charge in [0.15, 0.2) is 11.5 Å². The van der Waals surface area contributed by atoms with Gasteiger partial charge < -0.3 is 19.3 Å². The topological polar surface area (TPSA) is 42.0 Å². The molecule has 0 N–H and O–H groups in total. The summed E-state index contributed by atoms with van der Waals surface area (Å²) >= 11 is 0.